The molecular formula is C15H21Cl2N3O3. The molecule has 1 aliphatic heterocycles. The Balaban J connectivity index is 1.85. The number of likely N-dealkylation sites (tertiary alicyclic amines) is 1. The molecule has 1 aromatic rings. The number of carbonyl (C=O) groups excluding carboxylic acids is 1. The van der Waals surface area contributed by atoms with Crippen LogP contribution in [0.1, 0.15) is 39.2 Å². The zero-order valence-corrected chi connectivity index (χ0v) is 15.0. The van der Waals surface area contributed by atoms with E-state index in [4.69, 9.17) is 32.7 Å². The van der Waals surface area contributed by atoms with Crippen LogP contribution in [-0.2, 0) is 16.1 Å². The van der Waals surface area contributed by atoms with Crippen molar-refractivity contribution in [1.82, 2.24) is 14.9 Å². The van der Waals surface area contributed by atoms with E-state index in [1.54, 1.807) is 4.90 Å². The van der Waals surface area contributed by atoms with Gasteiger partial charge in [-0.15, -0.1) is 0 Å². The van der Waals surface area contributed by atoms with Gasteiger partial charge in [0.25, 0.3) is 0 Å². The van der Waals surface area contributed by atoms with Gasteiger partial charge in [0.05, 0.1) is 19.3 Å². The third-order valence-electron chi connectivity index (χ3n) is 3.36. The fourth-order valence-corrected chi connectivity index (χ4v) is 2.70. The molecular weight excluding hydrogens is 341 g/mol. The van der Waals surface area contributed by atoms with Crippen LogP contribution in [0.3, 0.4) is 0 Å². The number of hydrogen-bond donors (Lipinski definition) is 0. The standard InChI is InChI=1S/C15H21Cl2N3O3/c1-15(2,3)23-14(21)20-6-4-5-11(20)9-22-8-10-7-18-13(17)19-12(10)16/h7,11H,4-6,8-9H2,1-3H3/t11-/m0/s1. The van der Waals surface area contributed by atoms with Gasteiger partial charge in [-0.25, -0.2) is 14.8 Å². The van der Waals surface area contributed by atoms with E-state index in [0.717, 1.165) is 12.8 Å². The van der Waals surface area contributed by atoms with Crippen LogP contribution in [0.5, 0.6) is 0 Å². The zero-order chi connectivity index (χ0) is 17.0. The highest BCUT2D eigenvalue weighted by Crippen LogP contribution is 2.22. The van der Waals surface area contributed by atoms with Crippen molar-refractivity contribution >= 4 is 29.3 Å². The number of carbonyl (C=O) groups is 1. The van der Waals surface area contributed by atoms with Crippen LogP contribution in [0.15, 0.2) is 6.20 Å². The Bertz CT molecular complexity index is 563. The Morgan fingerprint density at radius 2 is 2.17 bits per heavy atom. The Morgan fingerprint density at radius 1 is 1.43 bits per heavy atom. The molecule has 2 rings (SSSR count). The topological polar surface area (TPSA) is 64.5 Å². The summed E-state index contributed by atoms with van der Waals surface area (Å²) in [5.74, 6) is 0. The van der Waals surface area contributed by atoms with Crippen LogP contribution in [-0.4, -0.2) is 45.8 Å². The van der Waals surface area contributed by atoms with Crippen molar-refractivity contribution in [2.24, 2.45) is 0 Å². The summed E-state index contributed by atoms with van der Waals surface area (Å²) in [6.45, 7) is 6.94. The van der Waals surface area contributed by atoms with Crippen molar-refractivity contribution in [3.63, 3.8) is 0 Å². The summed E-state index contributed by atoms with van der Waals surface area (Å²) in [5, 5.41) is 0.381. The summed E-state index contributed by atoms with van der Waals surface area (Å²) in [5.41, 5.74) is 0.164. The average Bonchev–Trinajstić information content (AvgIpc) is 2.88. The van der Waals surface area contributed by atoms with Crippen molar-refractivity contribution in [1.29, 1.82) is 0 Å². The minimum Gasteiger partial charge on any atom is -0.444 e. The summed E-state index contributed by atoms with van der Waals surface area (Å²) in [6, 6.07) is 0.0110. The van der Waals surface area contributed by atoms with Gasteiger partial charge in [0.2, 0.25) is 5.28 Å². The number of rotatable bonds is 4. The molecule has 0 aromatic carbocycles. The predicted octanol–water partition coefficient (Wildman–Crippen LogP) is 3.70. The van der Waals surface area contributed by atoms with E-state index >= 15 is 0 Å². The third-order valence-corrected chi connectivity index (χ3v) is 3.86. The molecule has 1 amide bonds. The van der Waals surface area contributed by atoms with Crippen LogP contribution in [0.2, 0.25) is 10.4 Å². The number of amides is 1. The lowest BCUT2D eigenvalue weighted by atomic mass is 10.2. The Hall–Kier alpha value is -1.11. The summed E-state index contributed by atoms with van der Waals surface area (Å²) in [6.07, 6.45) is 3.08. The van der Waals surface area contributed by atoms with Gasteiger partial charge in [0.15, 0.2) is 0 Å². The van der Waals surface area contributed by atoms with E-state index in [1.807, 2.05) is 20.8 Å². The van der Waals surface area contributed by atoms with Crippen LogP contribution < -0.4 is 0 Å². The molecule has 1 saturated heterocycles. The third kappa shape index (κ3) is 5.48. The SMILES string of the molecule is CC(C)(C)OC(=O)N1CCC[C@H]1COCc1cnc(Cl)nc1Cl. The van der Waals surface area contributed by atoms with E-state index in [9.17, 15) is 4.79 Å². The quantitative estimate of drug-likeness (QED) is 0.604. The second-order valence-electron chi connectivity index (χ2n) is 6.44. The van der Waals surface area contributed by atoms with Gasteiger partial charge in [-0.3, -0.25) is 0 Å². The van der Waals surface area contributed by atoms with Crippen molar-refractivity contribution in [2.75, 3.05) is 13.2 Å². The molecule has 0 unspecified atom stereocenters. The van der Waals surface area contributed by atoms with E-state index < -0.39 is 5.60 Å². The Kier molecular flexibility index (Phi) is 6.06. The molecule has 6 nitrogen and oxygen atoms in total. The molecule has 1 aliphatic rings. The van der Waals surface area contributed by atoms with E-state index in [-0.39, 0.29) is 29.2 Å². The molecule has 23 heavy (non-hydrogen) atoms. The largest absolute Gasteiger partial charge is 0.444 e. The molecule has 1 fully saturated rings. The van der Waals surface area contributed by atoms with E-state index in [0.29, 0.717) is 18.7 Å². The molecule has 0 aliphatic carbocycles. The number of ether oxygens (including phenoxy) is 2. The first-order valence-corrected chi connectivity index (χ1v) is 8.26. The fraction of sp³-hybridized carbons (Fsp3) is 0.667. The monoisotopic (exact) mass is 361 g/mol. The highest BCUT2D eigenvalue weighted by molar-refractivity contribution is 6.32. The molecule has 2 heterocycles. The maximum Gasteiger partial charge on any atom is 0.410 e. The first-order valence-electron chi connectivity index (χ1n) is 7.50. The molecule has 0 radical (unpaired) electrons. The number of hydrogen-bond acceptors (Lipinski definition) is 5. The lowest BCUT2D eigenvalue weighted by Gasteiger charge is -2.28. The number of nitrogens with zero attached hydrogens (tertiary/aromatic N) is 3. The van der Waals surface area contributed by atoms with Gasteiger partial charge < -0.3 is 14.4 Å². The maximum absolute atomic E-state index is 12.2. The summed E-state index contributed by atoms with van der Waals surface area (Å²) in [7, 11) is 0. The smallest absolute Gasteiger partial charge is 0.410 e. The van der Waals surface area contributed by atoms with Gasteiger partial charge in [0.1, 0.15) is 10.8 Å². The van der Waals surface area contributed by atoms with Crippen LogP contribution in [0, 0.1) is 0 Å². The van der Waals surface area contributed by atoms with Crippen LogP contribution in [0.25, 0.3) is 0 Å². The minimum atomic E-state index is -0.501. The van der Waals surface area contributed by atoms with Crippen molar-refractivity contribution in [3.05, 3.63) is 22.2 Å². The van der Waals surface area contributed by atoms with Gasteiger partial charge in [-0.1, -0.05) is 11.6 Å². The molecule has 0 spiro atoms. The van der Waals surface area contributed by atoms with E-state index in [2.05, 4.69) is 9.97 Å². The van der Waals surface area contributed by atoms with Crippen molar-refractivity contribution in [2.45, 2.75) is 51.9 Å². The second-order valence-corrected chi connectivity index (χ2v) is 7.14. The highest BCUT2D eigenvalue weighted by Gasteiger charge is 2.32. The molecule has 0 saturated carbocycles. The first kappa shape index (κ1) is 18.2. The molecule has 0 bridgehead atoms. The van der Waals surface area contributed by atoms with Gasteiger partial charge in [-0.2, -0.15) is 0 Å². The Morgan fingerprint density at radius 3 is 2.83 bits per heavy atom. The van der Waals surface area contributed by atoms with Crippen LogP contribution in [0.4, 0.5) is 4.79 Å². The highest BCUT2D eigenvalue weighted by atomic mass is 35.5. The molecule has 128 valence electrons. The summed E-state index contributed by atoms with van der Waals surface area (Å²) in [4.78, 5) is 21.7. The van der Waals surface area contributed by atoms with Crippen molar-refractivity contribution in [3.8, 4) is 0 Å². The maximum atomic E-state index is 12.2. The molecule has 1 atom stereocenters. The lowest BCUT2D eigenvalue weighted by molar-refractivity contribution is 0.00879. The van der Waals surface area contributed by atoms with Crippen LogP contribution >= 0.6 is 23.2 Å². The fourth-order valence-electron chi connectivity index (χ4n) is 2.34. The van der Waals surface area contributed by atoms with E-state index in [1.165, 1.54) is 6.20 Å². The molecule has 0 N–H and O–H groups in total. The summed E-state index contributed by atoms with van der Waals surface area (Å²) < 4.78 is 11.1. The molecule has 8 heteroatoms. The average molecular weight is 362 g/mol. The lowest BCUT2D eigenvalue weighted by Crippen LogP contribution is -2.41. The summed E-state index contributed by atoms with van der Waals surface area (Å²) >= 11 is 11.6. The van der Waals surface area contributed by atoms with Crippen molar-refractivity contribution < 1.29 is 14.3 Å². The van der Waals surface area contributed by atoms with Gasteiger partial charge in [0, 0.05) is 18.3 Å². The number of aromatic nitrogens is 2. The van der Waals surface area contributed by atoms with Gasteiger partial charge in [-0.05, 0) is 45.2 Å². The minimum absolute atomic E-state index is 0.0110. The first-order chi connectivity index (χ1) is 10.8. The zero-order valence-electron chi connectivity index (χ0n) is 13.5. The normalized spacial score (nSPS) is 18.3. The van der Waals surface area contributed by atoms with Gasteiger partial charge >= 0.3 is 6.09 Å². The second kappa shape index (κ2) is 7.64. The predicted molar refractivity (Wildman–Crippen MR) is 87.7 cm³/mol. The Labute approximate surface area is 146 Å². The number of halogens is 2. The molecule has 1 aromatic heterocycles.